The zero-order chi connectivity index (χ0) is 16.3. The largest absolute Gasteiger partial charge is 0.507 e. The van der Waals surface area contributed by atoms with Crippen molar-refractivity contribution in [2.45, 2.75) is 13.0 Å². The second kappa shape index (κ2) is 6.49. The lowest BCUT2D eigenvalue weighted by molar-refractivity contribution is 0.0696. The molecule has 0 radical (unpaired) electrons. The fourth-order valence-corrected chi connectivity index (χ4v) is 2.13. The molecular weight excluding hydrogens is 306 g/mol. The lowest BCUT2D eigenvalue weighted by Crippen LogP contribution is -2.26. The van der Waals surface area contributed by atoms with Gasteiger partial charge in [-0.2, -0.15) is 0 Å². The number of halogens is 1. The molecule has 1 amide bonds. The van der Waals surface area contributed by atoms with Crippen LogP contribution in [0, 0.1) is 0 Å². The van der Waals surface area contributed by atoms with Gasteiger partial charge in [-0.1, -0.05) is 23.7 Å². The number of phenolic OH excluding ortho intramolecular Hbond substituents is 1. The number of carbonyl (C=O) groups is 2. The Bertz CT molecular complexity index is 713. The molecule has 6 heteroatoms. The van der Waals surface area contributed by atoms with Crippen LogP contribution in [0.1, 0.15) is 39.2 Å². The molecule has 5 nitrogen and oxygen atoms in total. The molecule has 0 saturated carbocycles. The summed E-state index contributed by atoms with van der Waals surface area (Å²) < 4.78 is 0. The smallest absolute Gasteiger partial charge is 0.335 e. The highest BCUT2D eigenvalue weighted by atomic mass is 35.5. The van der Waals surface area contributed by atoms with E-state index in [1.54, 1.807) is 19.1 Å². The summed E-state index contributed by atoms with van der Waals surface area (Å²) in [4.78, 5) is 23.0. The second-order valence-corrected chi connectivity index (χ2v) is 5.22. The van der Waals surface area contributed by atoms with E-state index in [1.165, 1.54) is 30.3 Å². The monoisotopic (exact) mass is 319 g/mol. The summed E-state index contributed by atoms with van der Waals surface area (Å²) in [5.41, 5.74) is 1.01. The van der Waals surface area contributed by atoms with Gasteiger partial charge in [0, 0.05) is 5.02 Å². The Morgan fingerprint density at radius 3 is 2.36 bits per heavy atom. The Hall–Kier alpha value is -2.53. The molecular formula is C16H14ClNO4. The van der Waals surface area contributed by atoms with E-state index >= 15 is 0 Å². The lowest BCUT2D eigenvalue weighted by Gasteiger charge is -2.15. The number of aromatic hydroxyl groups is 1. The van der Waals surface area contributed by atoms with Crippen LogP contribution in [-0.4, -0.2) is 22.1 Å². The van der Waals surface area contributed by atoms with E-state index in [2.05, 4.69) is 5.32 Å². The van der Waals surface area contributed by atoms with Crippen LogP contribution < -0.4 is 5.32 Å². The van der Waals surface area contributed by atoms with Gasteiger partial charge in [0.2, 0.25) is 0 Å². The first-order valence-electron chi connectivity index (χ1n) is 6.51. The van der Waals surface area contributed by atoms with E-state index in [-0.39, 0.29) is 22.9 Å². The van der Waals surface area contributed by atoms with E-state index in [4.69, 9.17) is 16.7 Å². The molecule has 0 heterocycles. The first-order valence-corrected chi connectivity index (χ1v) is 6.89. The van der Waals surface area contributed by atoms with Gasteiger partial charge >= 0.3 is 5.97 Å². The quantitative estimate of drug-likeness (QED) is 0.807. The van der Waals surface area contributed by atoms with E-state index in [1.807, 2.05) is 0 Å². The maximum Gasteiger partial charge on any atom is 0.335 e. The molecule has 2 rings (SSSR count). The number of rotatable bonds is 4. The van der Waals surface area contributed by atoms with Gasteiger partial charge in [-0.15, -0.1) is 0 Å². The Kier molecular flexibility index (Phi) is 4.68. The van der Waals surface area contributed by atoms with Crippen LogP contribution in [0.5, 0.6) is 5.75 Å². The second-order valence-electron chi connectivity index (χ2n) is 4.78. The molecule has 0 aliphatic carbocycles. The molecule has 0 bridgehead atoms. The third kappa shape index (κ3) is 3.56. The molecule has 1 unspecified atom stereocenters. The minimum Gasteiger partial charge on any atom is -0.507 e. The number of hydrogen-bond donors (Lipinski definition) is 3. The molecule has 0 fully saturated rings. The van der Waals surface area contributed by atoms with Crippen LogP contribution in [0.15, 0.2) is 42.5 Å². The molecule has 0 aromatic heterocycles. The number of aromatic carboxylic acids is 1. The Morgan fingerprint density at radius 2 is 1.77 bits per heavy atom. The summed E-state index contributed by atoms with van der Waals surface area (Å²) in [6.45, 7) is 1.76. The normalized spacial score (nSPS) is 11.7. The minimum atomic E-state index is -1.01. The third-order valence-corrected chi connectivity index (χ3v) is 3.44. The van der Waals surface area contributed by atoms with Crippen molar-refractivity contribution in [3.63, 3.8) is 0 Å². The molecule has 2 aromatic rings. The van der Waals surface area contributed by atoms with Crippen molar-refractivity contribution in [2.75, 3.05) is 0 Å². The molecule has 2 aromatic carbocycles. The minimum absolute atomic E-state index is 0.0847. The molecule has 22 heavy (non-hydrogen) atoms. The van der Waals surface area contributed by atoms with Crippen LogP contribution in [0.4, 0.5) is 0 Å². The SMILES string of the molecule is CC(NC(=O)c1cc(Cl)ccc1O)c1ccc(C(=O)O)cc1. The van der Waals surface area contributed by atoms with Crippen LogP contribution in [-0.2, 0) is 0 Å². The summed E-state index contributed by atoms with van der Waals surface area (Å²) in [5, 5.41) is 21.6. The van der Waals surface area contributed by atoms with Gasteiger partial charge in [0.15, 0.2) is 0 Å². The van der Waals surface area contributed by atoms with Gasteiger partial charge < -0.3 is 15.5 Å². The highest BCUT2D eigenvalue weighted by Gasteiger charge is 2.15. The number of carbonyl (C=O) groups excluding carboxylic acids is 1. The number of benzene rings is 2. The summed E-state index contributed by atoms with van der Waals surface area (Å²) in [6, 6.07) is 10.1. The standard InChI is InChI=1S/C16H14ClNO4/c1-9(10-2-4-11(5-3-10)16(21)22)18-15(20)13-8-12(17)6-7-14(13)19/h2-9,19H,1H3,(H,18,20)(H,21,22). The maximum absolute atomic E-state index is 12.2. The summed E-state index contributed by atoms with van der Waals surface area (Å²) in [5.74, 6) is -1.63. The van der Waals surface area contributed by atoms with Crippen molar-refractivity contribution in [1.82, 2.24) is 5.32 Å². The van der Waals surface area contributed by atoms with E-state index in [9.17, 15) is 14.7 Å². The van der Waals surface area contributed by atoms with Gasteiger partial charge in [-0.25, -0.2) is 4.79 Å². The van der Waals surface area contributed by atoms with Crippen molar-refractivity contribution >= 4 is 23.5 Å². The van der Waals surface area contributed by atoms with Gasteiger partial charge in [-0.3, -0.25) is 4.79 Å². The van der Waals surface area contributed by atoms with Crippen LogP contribution in [0.25, 0.3) is 0 Å². The van der Waals surface area contributed by atoms with Gasteiger partial charge in [0.1, 0.15) is 5.75 Å². The van der Waals surface area contributed by atoms with Crippen molar-refractivity contribution in [1.29, 1.82) is 0 Å². The Morgan fingerprint density at radius 1 is 1.14 bits per heavy atom. The number of nitrogens with one attached hydrogen (secondary N) is 1. The fraction of sp³-hybridized carbons (Fsp3) is 0.125. The predicted octanol–water partition coefficient (Wildman–Crippen LogP) is 3.23. The zero-order valence-corrected chi connectivity index (χ0v) is 12.5. The zero-order valence-electron chi connectivity index (χ0n) is 11.7. The van der Waals surface area contributed by atoms with Gasteiger partial charge in [-0.05, 0) is 42.8 Å². The van der Waals surface area contributed by atoms with E-state index < -0.39 is 11.9 Å². The number of carboxylic acids is 1. The lowest BCUT2D eigenvalue weighted by atomic mass is 10.1. The van der Waals surface area contributed by atoms with E-state index in [0.29, 0.717) is 5.02 Å². The van der Waals surface area contributed by atoms with E-state index in [0.717, 1.165) is 5.56 Å². The highest BCUT2D eigenvalue weighted by molar-refractivity contribution is 6.31. The number of carboxylic acid groups (broad SMARTS) is 1. The first-order chi connectivity index (χ1) is 10.4. The maximum atomic E-state index is 12.2. The molecule has 0 spiro atoms. The molecule has 114 valence electrons. The number of amides is 1. The summed E-state index contributed by atoms with van der Waals surface area (Å²) in [7, 11) is 0. The van der Waals surface area contributed by atoms with Crippen molar-refractivity contribution in [2.24, 2.45) is 0 Å². The average Bonchev–Trinajstić information content (AvgIpc) is 2.49. The Balaban J connectivity index is 2.14. The number of phenols is 1. The molecule has 1 atom stereocenters. The van der Waals surface area contributed by atoms with Crippen molar-refractivity contribution in [3.8, 4) is 5.75 Å². The van der Waals surface area contributed by atoms with Crippen LogP contribution >= 0.6 is 11.6 Å². The predicted molar refractivity (Wildman–Crippen MR) is 82.4 cm³/mol. The van der Waals surface area contributed by atoms with Crippen LogP contribution in [0.2, 0.25) is 5.02 Å². The summed E-state index contributed by atoms with van der Waals surface area (Å²) >= 11 is 5.81. The average molecular weight is 320 g/mol. The summed E-state index contributed by atoms with van der Waals surface area (Å²) in [6.07, 6.45) is 0. The fourth-order valence-electron chi connectivity index (χ4n) is 1.96. The highest BCUT2D eigenvalue weighted by Crippen LogP contribution is 2.22. The van der Waals surface area contributed by atoms with Crippen molar-refractivity contribution in [3.05, 3.63) is 64.2 Å². The molecule has 0 aliphatic heterocycles. The number of hydrogen-bond acceptors (Lipinski definition) is 3. The third-order valence-electron chi connectivity index (χ3n) is 3.21. The molecule has 0 saturated heterocycles. The Labute approximate surface area is 132 Å². The van der Waals surface area contributed by atoms with Gasteiger partial charge in [0.05, 0.1) is 17.2 Å². The topological polar surface area (TPSA) is 86.6 Å². The first kappa shape index (κ1) is 15.9. The molecule has 0 aliphatic rings. The van der Waals surface area contributed by atoms with Gasteiger partial charge in [0.25, 0.3) is 5.91 Å². The van der Waals surface area contributed by atoms with Crippen molar-refractivity contribution < 1.29 is 19.8 Å². The van der Waals surface area contributed by atoms with Crippen LogP contribution in [0.3, 0.4) is 0 Å². The molecule has 3 N–H and O–H groups in total.